The molecular weight excluding hydrogens is 178 g/mol. The summed E-state index contributed by atoms with van der Waals surface area (Å²) in [6.45, 7) is 7.21. The maximum absolute atomic E-state index is 10.9. The first-order chi connectivity index (χ1) is 6.70. The van der Waals surface area contributed by atoms with E-state index in [0.29, 0.717) is 6.04 Å². The van der Waals surface area contributed by atoms with Gasteiger partial charge in [0.25, 0.3) is 0 Å². The summed E-state index contributed by atoms with van der Waals surface area (Å²) in [4.78, 5) is 10.9. The molecule has 3 heteroatoms. The van der Waals surface area contributed by atoms with E-state index in [1.165, 1.54) is 6.42 Å². The summed E-state index contributed by atoms with van der Waals surface area (Å²) in [5, 5.41) is 2.95. The number of hydrogen-bond donors (Lipinski definition) is 1. The number of nitrogens with one attached hydrogen (secondary N) is 1. The molecule has 0 aromatic rings. The highest BCUT2D eigenvalue weighted by Gasteiger charge is 2.08. The van der Waals surface area contributed by atoms with Crippen LogP contribution in [0.5, 0.6) is 0 Å². The molecule has 1 atom stereocenters. The standard InChI is InChI=1S/C11H23NO2/c1-4-6-7-11(12-10(3)13)8-9-14-5-2/h11H,4-9H2,1-3H3,(H,12,13). The summed E-state index contributed by atoms with van der Waals surface area (Å²) in [5.41, 5.74) is 0. The molecule has 1 unspecified atom stereocenters. The van der Waals surface area contributed by atoms with Crippen molar-refractivity contribution in [2.45, 2.75) is 52.5 Å². The molecule has 0 aliphatic carbocycles. The number of carbonyl (C=O) groups is 1. The lowest BCUT2D eigenvalue weighted by atomic mass is 10.1. The van der Waals surface area contributed by atoms with E-state index in [0.717, 1.165) is 32.5 Å². The van der Waals surface area contributed by atoms with Gasteiger partial charge in [0, 0.05) is 26.2 Å². The third-order valence-electron chi connectivity index (χ3n) is 2.13. The Morgan fingerprint density at radius 2 is 2.07 bits per heavy atom. The summed E-state index contributed by atoms with van der Waals surface area (Å²) in [5.74, 6) is 0.0580. The largest absolute Gasteiger partial charge is 0.382 e. The zero-order valence-electron chi connectivity index (χ0n) is 9.64. The lowest BCUT2D eigenvalue weighted by Crippen LogP contribution is -2.34. The molecule has 0 aliphatic rings. The Hall–Kier alpha value is -0.570. The third kappa shape index (κ3) is 8.05. The quantitative estimate of drug-likeness (QED) is 0.611. The summed E-state index contributed by atoms with van der Waals surface area (Å²) in [6, 6.07) is 0.291. The minimum Gasteiger partial charge on any atom is -0.382 e. The van der Waals surface area contributed by atoms with Crippen molar-refractivity contribution in [3.8, 4) is 0 Å². The van der Waals surface area contributed by atoms with Gasteiger partial charge in [0.1, 0.15) is 0 Å². The van der Waals surface area contributed by atoms with Crippen molar-refractivity contribution < 1.29 is 9.53 Å². The monoisotopic (exact) mass is 201 g/mol. The van der Waals surface area contributed by atoms with Crippen molar-refractivity contribution in [2.24, 2.45) is 0 Å². The van der Waals surface area contributed by atoms with E-state index in [-0.39, 0.29) is 5.91 Å². The van der Waals surface area contributed by atoms with E-state index in [2.05, 4.69) is 12.2 Å². The molecule has 0 rings (SSSR count). The van der Waals surface area contributed by atoms with Gasteiger partial charge in [0.05, 0.1) is 0 Å². The molecule has 0 aliphatic heterocycles. The zero-order valence-corrected chi connectivity index (χ0v) is 9.64. The van der Waals surface area contributed by atoms with E-state index >= 15 is 0 Å². The maximum atomic E-state index is 10.9. The number of hydrogen-bond acceptors (Lipinski definition) is 2. The van der Waals surface area contributed by atoms with Crippen molar-refractivity contribution in [1.82, 2.24) is 5.32 Å². The Morgan fingerprint density at radius 1 is 1.36 bits per heavy atom. The second-order valence-electron chi connectivity index (χ2n) is 3.53. The first kappa shape index (κ1) is 13.4. The van der Waals surface area contributed by atoms with Gasteiger partial charge in [-0.15, -0.1) is 0 Å². The molecule has 0 saturated carbocycles. The molecule has 0 spiro atoms. The van der Waals surface area contributed by atoms with E-state index in [9.17, 15) is 4.79 Å². The topological polar surface area (TPSA) is 38.3 Å². The molecule has 0 aromatic heterocycles. The van der Waals surface area contributed by atoms with Crippen LogP contribution < -0.4 is 5.32 Å². The molecule has 0 aromatic carbocycles. The first-order valence-corrected chi connectivity index (χ1v) is 5.55. The molecule has 0 radical (unpaired) electrons. The zero-order chi connectivity index (χ0) is 10.8. The predicted molar refractivity (Wildman–Crippen MR) is 58.2 cm³/mol. The highest BCUT2D eigenvalue weighted by atomic mass is 16.5. The van der Waals surface area contributed by atoms with Gasteiger partial charge in [-0.25, -0.2) is 0 Å². The van der Waals surface area contributed by atoms with Gasteiger partial charge < -0.3 is 10.1 Å². The van der Waals surface area contributed by atoms with Crippen LogP contribution in [0.25, 0.3) is 0 Å². The van der Waals surface area contributed by atoms with Crippen molar-refractivity contribution in [3.63, 3.8) is 0 Å². The molecule has 84 valence electrons. The highest BCUT2D eigenvalue weighted by molar-refractivity contribution is 5.73. The molecule has 1 amide bonds. The average Bonchev–Trinajstić information content (AvgIpc) is 2.13. The SMILES string of the molecule is CCCCC(CCOCC)NC(C)=O. The van der Waals surface area contributed by atoms with E-state index in [4.69, 9.17) is 4.74 Å². The second-order valence-corrected chi connectivity index (χ2v) is 3.53. The fourth-order valence-electron chi connectivity index (χ4n) is 1.40. The number of unbranched alkanes of at least 4 members (excludes halogenated alkanes) is 1. The van der Waals surface area contributed by atoms with Crippen molar-refractivity contribution in [2.75, 3.05) is 13.2 Å². The van der Waals surface area contributed by atoms with Crippen LogP contribution in [-0.2, 0) is 9.53 Å². The Balaban J connectivity index is 3.66. The first-order valence-electron chi connectivity index (χ1n) is 5.55. The molecule has 0 fully saturated rings. The third-order valence-corrected chi connectivity index (χ3v) is 2.13. The van der Waals surface area contributed by atoms with Crippen LogP contribution in [-0.4, -0.2) is 25.2 Å². The molecule has 0 bridgehead atoms. The van der Waals surface area contributed by atoms with Crippen LogP contribution in [0.1, 0.15) is 46.5 Å². The number of amides is 1. The molecule has 14 heavy (non-hydrogen) atoms. The lowest BCUT2D eigenvalue weighted by molar-refractivity contribution is -0.119. The highest BCUT2D eigenvalue weighted by Crippen LogP contribution is 2.04. The van der Waals surface area contributed by atoms with E-state index in [1.807, 2.05) is 6.92 Å². The Bertz CT molecular complexity index is 148. The van der Waals surface area contributed by atoms with Gasteiger partial charge in [0.15, 0.2) is 0 Å². The van der Waals surface area contributed by atoms with Crippen LogP contribution in [0, 0.1) is 0 Å². The normalized spacial score (nSPS) is 12.5. The van der Waals surface area contributed by atoms with Crippen molar-refractivity contribution in [1.29, 1.82) is 0 Å². The smallest absolute Gasteiger partial charge is 0.217 e. The van der Waals surface area contributed by atoms with Gasteiger partial charge >= 0.3 is 0 Å². The summed E-state index contributed by atoms with van der Waals surface area (Å²) in [7, 11) is 0. The Labute approximate surface area is 87.2 Å². The van der Waals surface area contributed by atoms with Crippen LogP contribution in [0.3, 0.4) is 0 Å². The Morgan fingerprint density at radius 3 is 2.57 bits per heavy atom. The van der Waals surface area contributed by atoms with Gasteiger partial charge in [-0.05, 0) is 19.8 Å². The number of ether oxygens (including phenoxy) is 1. The fraction of sp³-hybridized carbons (Fsp3) is 0.909. The summed E-state index contributed by atoms with van der Waals surface area (Å²) < 4.78 is 5.27. The lowest BCUT2D eigenvalue weighted by Gasteiger charge is -2.17. The number of carbonyl (C=O) groups excluding carboxylic acids is 1. The van der Waals surface area contributed by atoms with Crippen LogP contribution in [0.4, 0.5) is 0 Å². The average molecular weight is 201 g/mol. The van der Waals surface area contributed by atoms with Crippen LogP contribution in [0.15, 0.2) is 0 Å². The fourth-order valence-corrected chi connectivity index (χ4v) is 1.40. The molecule has 0 saturated heterocycles. The van der Waals surface area contributed by atoms with Crippen LogP contribution in [0.2, 0.25) is 0 Å². The molecule has 1 N–H and O–H groups in total. The molecule has 0 heterocycles. The second kappa shape index (κ2) is 9.00. The van der Waals surface area contributed by atoms with Gasteiger partial charge in [-0.2, -0.15) is 0 Å². The van der Waals surface area contributed by atoms with Crippen molar-refractivity contribution in [3.05, 3.63) is 0 Å². The Kier molecular flexibility index (Phi) is 8.64. The minimum absolute atomic E-state index is 0.0580. The minimum atomic E-state index is 0.0580. The number of rotatable bonds is 8. The predicted octanol–water partition coefficient (Wildman–Crippen LogP) is 2.11. The van der Waals surface area contributed by atoms with Crippen molar-refractivity contribution >= 4 is 5.91 Å². The van der Waals surface area contributed by atoms with E-state index in [1.54, 1.807) is 6.92 Å². The van der Waals surface area contributed by atoms with E-state index < -0.39 is 0 Å². The summed E-state index contributed by atoms with van der Waals surface area (Å²) >= 11 is 0. The van der Waals surface area contributed by atoms with Gasteiger partial charge in [-0.3, -0.25) is 4.79 Å². The van der Waals surface area contributed by atoms with Gasteiger partial charge in [0.2, 0.25) is 5.91 Å². The van der Waals surface area contributed by atoms with Gasteiger partial charge in [-0.1, -0.05) is 19.8 Å². The molecular formula is C11H23NO2. The molecule has 3 nitrogen and oxygen atoms in total. The maximum Gasteiger partial charge on any atom is 0.217 e. The van der Waals surface area contributed by atoms with Crippen LogP contribution >= 0.6 is 0 Å². The summed E-state index contributed by atoms with van der Waals surface area (Å²) in [6.07, 6.45) is 4.32.